The molecule has 2 rings (SSSR count). The average molecular weight is 313 g/mol. The van der Waals surface area contributed by atoms with E-state index in [0.29, 0.717) is 6.42 Å². The molecule has 1 aliphatic carbocycles. The molecule has 1 aliphatic rings. The minimum absolute atomic E-state index is 0.141. The maximum Gasteiger partial charge on any atom is 0.129 e. The van der Waals surface area contributed by atoms with Crippen LogP contribution in [0.15, 0.2) is 18.2 Å². The summed E-state index contributed by atoms with van der Waals surface area (Å²) in [5.74, 6) is 0.0756. The summed E-state index contributed by atoms with van der Waals surface area (Å²) in [7, 11) is 0. The highest BCUT2D eigenvalue weighted by Crippen LogP contribution is 2.30. The van der Waals surface area contributed by atoms with E-state index < -0.39 is 11.6 Å². The van der Waals surface area contributed by atoms with Gasteiger partial charge in [-0.1, -0.05) is 25.8 Å². The van der Waals surface area contributed by atoms with Crippen LogP contribution in [0.4, 0.5) is 8.78 Å². The van der Waals surface area contributed by atoms with Crippen molar-refractivity contribution < 1.29 is 8.78 Å². The number of nitrogens with one attached hydrogen (secondary N) is 1. The average Bonchev–Trinajstić information content (AvgIpc) is 2.98. The Kier molecular flexibility index (Phi) is 6.97. The first-order chi connectivity index (χ1) is 10.2. The van der Waals surface area contributed by atoms with E-state index in [2.05, 4.69) is 12.2 Å². The van der Waals surface area contributed by atoms with Crippen LogP contribution in [-0.2, 0) is 6.42 Å². The normalized spacial score (nSPS) is 17.3. The van der Waals surface area contributed by atoms with Gasteiger partial charge in [0, 0.05) is 22.6 Å². The summed E-state index contributed by atoms with van der Waals surface area (Å²) in [6, 6.07) is 4.26. The molecule has 1 aromatic carbocycles. The number of halogens is 2. The van der Waals surface area contributed by atoms with Crippen molar-refractivity contribution in [2.24, 2.45) is 0 Å². The highest BCUT2D eigenvalue weighted by Gasteiger charge is 2.20. The molecule has 0 aromatic heterocycles. The number of rotatable bonds is 8. The molecule has 4 heteroatoms. The molecule has 1 fully saturated rings. The van der Waals surface area contributed by atoms with E-state index in [0.717, 1.165) is 24.0 Å². The van der Waals surface area contributed by atoms with Gasteiger partial charge in [-0.3, -0.25) is 0 Å². The third-order valence-electron chi connectivity index (χ3n) is 4.03. The van der Waals surface area contributed by atoms with Crippen LogP contribution in [-0.4, -0.2) is 23.6 Å². The fourth-order valence-corrected chi connectivity index (χ4v) is 4.23. The van der Waals surface area contributed by atoms with Gasteiger partial charge < -0.3 is 5.32 Å². The monoisotopic (exact) mass is 313 g/mol. The lowest BCUT2D eigenvalue weighted by molar-refractivity contribution is 0.503. The van der Waals surface area contributed by atoms with Crippen molar-refractivity contribution >= 4 is 11.8 Å². The van der Waals surface area contributed by atoms with Crippen molar-refractivity contribution in [3.05, 3.63) is 35.4 Å². The van der Waals surface area contributed by atoms with Crippen molar-refractivity contribution in [1.82, 2.24) is 5.32 Å². The van der Waals surface area contributed by atoms with Crippen molar-refractivity contribution in [2.45, 2.75) is 56.7 Å². The zero-order chi connectivity index (χ0) is 15.1. The van der Waals surface area contributed by atoms with Gasteiger partial charge in [0.25, 0.3) is 0 Å². The summed E-state index contributed by atoms with van der Waals surface area (Å²) in [5, 5.41) is 4.18. The van der Waals surface area contributed by atoms with Crippen molar-refractivity contribution in [1.29, 1.82) is 0 Å². The van der Waals surface area contributed by atoms with E-state index in [9.17, 15) is 8.78 Å². The van der Waals surface area contributed by atoms with Crippen LogP contribution < -0.4 is 5.32 Å². The lowest BCUT2D eigenvalue weighted by atomic mass is 10.1. The van der Waals surface area contributed by atoms with E-state index in [1.165, 1.54) is 43.9 Å². The van der Waals surface area contributed by atoms with Crippen molar-refractivity contribution in [3.63, 3.8) is 0 Å². The van der Waals surface area contributed by atoms with Crippen LogP contribution in [0.5, 0.6) is 0 Å². The van der Waals surface area contributed by atoms with Gasteiger partial charge in [0.15, 0.2) is 0 Å². The summed E-state index contributed by atoms with van der Waals surface area (Å²) < 4.78 is 27.6. The molecule has 0 radical (unpaired) electrons. The molecule has 1 N–H and O–H groups in total. The predicted octanol–water partition coefficient (Wildman–Crippen LogP) is 4.55. The van der Waals surface area contributed by atoms with Crippen molar-refractivity contribution in [3.8, 4) is 0 Å². The standard InChI is InChI=1S/C17H25F2NS/c1-2-10-20-13(12-21-14-6-3-4-7-14)11-15-16(18)8-5-9-17(15)19/h5,8-9,13-14,20H,2-4,6-7,10-12H2,1H3. The molecule has 1 aromatic rings. The Morgan fingerprint density at radius 2 is 1.90 bits per heavy atom. The van der Waals surface area contributed by atoms with Gasteiger partial charge in [-0.05, 0) is 44.4 Å². The molecule has 0 spiro atoms. The zero-order valence-corrected chi connectivity index (χ0v) is 13.5. The molecule has 0 bridgehead atoms. The van der Waals surface area contributed by atoms with Crippen LogP contribution >= 0.6 is 11.8 Å². The van der Waals surface area contributed by atoms with Crippen LogP contribution in [0.25, 0.3) is 0 Å². The second-order valence-electron chi connectivity index (χ2n) is 5.80. The first kappa shape index (κ1) is 16.8. The molecule has 0 heterocycles. The van der Waals surface area contributed by atoms with Crippen LogP contribution in [0.3, 0.4) is 0 Å². The van der Waals surface area contributed by atoms with Crippen LogP contribution in [0.1, 0.15) is 44.6 Å². The van der Waals surface area contributed by atoms with Gasteiger partial charge in [-0.2, -0.15) is 11.8 Å². The van der Waals surface area contributed by atoms with E-state index in [1.807, 2.05) is 11.8 Å². The van der Waals surface area contributed by atoms with Gasteiger partial charge in [0.2, 0.25) is 0 Å². The number of benzene rings is 1. The van der Waals surface area contributed by atoms with Crippen LogP contribution in [0.2, 0.25) is 0 Å². The molecule has 1 atom stereocenters. The Hall–Kier alpha value is -0.610. The van der Waals surface area contributed by atoms with Gasteiger partial charge in [-0.15, -0.1) is 0 Å². The minimum atomic E-state index is -0.427. The fraction of sp³-hybridized carbons (Fsp3) is 0.647. The zero-order valence-electron chi connectivity index (χ0n) is 12.7. The smallest absolute Gasteiger partial charge is 0.129 e. The van der Waals surface area contributed by atoms with Crippen LogP contribution in [0, 0.1) is 11.6 Å². The van der Waals surface area contributed by atoms with Crippen molar-refractivity contribution in [2.75, 3.05) is 12.3 Å². The van der Waals surface area contributed by atoms with E-state index >= 15 is 0 Å². The van der Waals surface area contributed by atoms with E-state index in [4.69, 9.17) is 0 Å². The molecule has 0 saturated heterocycles. The molecule has 1 nitrogen and oxygen atoms in total. The van der Waals surface area contributed by atoms with Gasteiger partial charge >= 0.3 is 0 Å². The molecule has 21 heavy (non-hydrogen) atoms. The van der Waals surface area contributed by atoms with Gasteiger partial charge in [0.05, 0.1) is 0 Å². The van der Waals surface area contributed by atoms with Gasteiger partial charge in [0.1, 0.15) is 11.6 Å². The molecular weight excluding hydrogens is 288 g/mol. The highest BCUT2D eigenvalue weighted by molar-refractivity contribution is 7.99. The van der Waals surface area contributed by atoms with E-state index in [1.54, 1.807) is 0 Å². The number of thioether (sulfide) groups is 1. The maximum atomic E-state index is 13.8. The predicted molar refractivity (Wildman–Crippen MR) is 86.9 cm³/mol. The Morgan fingerprint density at radius 1 is 1.24 bits per heavy atom. The molecular formula is C17H25F2NS. The SMILES string of the molecule is CCCNC(CSC1CCCC1)Cc1c(F)cccc1F. The Labute approximate surface area is 130 Å². The Morgan fingerprint density at radius 3 is 2.52 bits per heavy atom. The Balaban J connectivity index is 1.94. The van der Waals surface area contributed by atoms with Gasteiger partial charge in [-0.25, -0.2) is 8.78 Å². The lowest BCUT2D eigenvalue weighted by Gasteiger charge is -2.21. The fourth-order valence-electron chi connectivity index (χ4n) is 2.82. The number of hydrogen-bond donors (Lipinski definition) is 1. The highest BCUT2D eigenvalue weighted by atomic mass is 32.2. The first-order valence-corrected chi connectivity index (χ1v) is 9.03. The second kappa shape index (κ2) is 8.74. The topological polar surface area (TPSA) is 12.0 Å². The summed E-state index contributed by atoms with van der Waals surface area (Å²) in [5.41, 5.74) is 0.220. The Bertz CT molecular complexity index is 413. The third-order valence-corrected chi connectivity index (χ3v) is 5.57. The summed E-state index contributed by atoms with van der Waals surface area (Å²) in [4.78, 5) is 0. The molecule has 0 aliphatic heterocycles. The molecule has 1 saturated carbocycles. The quantitative estimate of drug-likeness (QED) is 0.755. The summed E-state index contributed by atoms with van der Waals surface area (Å²) >= 11 is 1.97. The summed E-state index contributed by atoms with van der Waals surface area (Å²) in [6.45, 7) is 3.00. The summed E-state index contributed by atoms with van der Waals surface area (Å²) in [6.07, 6.45) is 6.69. The second-order valence-corrected chi connectivity index (χ2v) is 7.13. The molecule has 1 unspecified atom stereocenters. The minimum Gasteiger partial charge on any atom is -0.313 e. The maximum absolute atomic E-state index is 13.8. The molecule has 0 amide bonds. The van der Waals surface area contributed by atoms with E-state index in [-0.39, 0.29) is 11.6 Å². The molecule has 118 valence electrons. The first-order valence-electron chi connectivity index (χ1n) is 7.98. The lowest BCUT2D eigenvalue weighted by Crippen LogP contribution is -2.35. The largest absolute Gasteiger partial charge is 0.313 e. The number of hydrogen-bond acceptors (Lipinski definition) is 2. The third kappa shape index (κ3) is 5.26.